The van der Waals surface area contributed by atoms with Gasteiger partial charge in [0.05, 0.1) is 26.1 Å². The number of ketones is 1. The molecule has 202 valence electrons. The van der Waals surface area contributed by atoms with E-state index in [1.165, 1.54) is 0 Å². The molecule has 2 aliphatic heterocycles. The Morgan fingerprint density at radius 2 is 1.59 bits per heavy atom. The second-order valence-corrected chi connectivity index (χ2v) is 10.2. The van der Waals surface area contributed by atoms with E-state index in [2.05, 4.69) is 14.5 Å². The monoisotopic (exact) mass is 527 g/mol. The van der Waals surface area contributed by atoms with E-state index in [1.54, 1.807) is 0 Å². The zero-order valence-electron chi connectivity index (χ0n) is 22.0. The largest absolute Gasteiger partial charge is 0.392 e. The van der Waals surface area contributed by atoms with Crippen LogP contribution in [0, 0.1) is 0 Å². The summed E-state index contributed by atoms with van der Waals surface area (Å²) >= 11 is 0. The highest BCUT2D eigenvalue weighted by molar-refractivity contribution is 5.86. The number of benzene rings is 2. The lowest BCUT2D eigenvalue weighted by atomic mass is 10.0. The van der Waals surface area contributed by atoms with Crippen LogP contribution in [-0.4, -0.2) is 63.3 Å². The van der Waals surface area contributed by atoms with Crippen molar-refractivity contribution in [2.45, 2.75) is 44.9 Å². The highest BCUT2D eigenvalue weighted by Gasteiger charge is 2.25. The number of anilines is 1. The van der Waals surface area contributed by atoms with E-state index in [4.69, 9.17) is 19.4 Å². The van der Waals surface area contributed by atoms with Crippen LogP contribution >= 0.6 is 0 Å². The van der Waals surface area contributed by atoms with E-state index >= 15 is 0 Å². The van der Waals surface area contributed by atoms with Crippen LogP contribution in [0.25, 0.3) is 22.6 Å². The molecule has 2 aliphatic rings. The first-order chi connectivity index (χ1) is 19.2. The van der Waals surface area contributed by atoms with Gasteiger partial charge in [0.25, 0.3) is 0 Å². The van der Waals surface area contributed by atoms with Crippen molar-refractivity contribution in [3.05, 3.63) is 71.5 Å². The Hall–Kier alpha value is -3.66. The summed E-state index contributed by atoms with van der Waals surface area (Å²) in [4.78, 5) is 29.5. The first kappa shape index (κ1) is 25.6. The summed E-state index contributed by atoms with van der Waals surface area (Å²) in [5, 5.41) is 9.21. The van der Waals surface area contributed by atoms with E-state index < -0.39 is 0 Å². The van der Waals surface area contributed by atoms with Gasteiger partial charge in [-0.2, -0.15) is 0 Å². The lowest BCUT2D eigenvalue weighted by Gasteiger charge is -2.30. The Balaban J connectivity index is 1.24. The predicted octanol–water partition coefficient (Wildman–Crippen LogP) is 3.88. The zero-order chi connectivity index (χ0) is 26.6. The standard InChI is InChI=1S/C30H33N5O4/c36-19-23-6-4-21(5-7-23)17-25(37)18-22-8-10-24(11-9-22)28-32-29-27(30(33-28)34-12-15-38-16-13-34)35(20-31-29)26-3-1-2-14-39-26/h4-11,20,26,36H,1-3,12-19H2. The molecule has 0 saturated carbocycles. The molecule has 0 spiro atoms. The number of rotatable bonds is 8. The topological polar surface area (TPSA) is 103 Å². The fraction of sp³-hybridized carbons (Fsp3) is 0.400. The molecule has 6 rings (SSSR count). The summed E-state index contributed by atoms with van der Waals surface area (Å²) in [5.41, 5.74) is 5.18. The molecule has 9 heteroatoms. The fourth-order valence-corrected chi connectivity index (χ4v) is 5.27. The molecule has 1 unspecified atom stereocenters. The molecule has 39 heavy (non-hydrogen) atoms. The minimum Gasteiger partial charge on any atom is -0.392 e. The first-order valence-electron chi connectivity index (χ1n) is 13.7. The van der Waals surface area contributed by atoms with Gasteiger partial charge in [0.15, 0.2) is 17.3 Å². The van der Waals surface area contributed by atoms with Gasteiger partial charge in [-0.1, -0.05) is 48.5 Å². The van der Waals surface area contributed by atoms with Crippen molar-refractivity contribution >= 4 is 22.8 Å². The summed E-state index contributed by atoms with van der Waals surface area (Å²) in [6.07, 6.45) is 5.65. The Labute approximate surface area is 227 Å². The van der Waals surface area contributed by atoms with Gasteiger partial charge in [-0.05, 0) is 36.0 Å². The molecule has 1 atom stereocenters. The number of aromatic nitrogens is 4. The maximum absolute atomic E-state index is 12.7. The van der Waals surface area contributed by atoms with Crippen molar-refractivity contribution in [2.75, 3.05) is 37.8 Å². The summed E-state index contributed by atoms with van der Waals surface area (Å²) in [6.45, 7) is 3.58. The molecule has 0 bridgehead atoms. The van der Waals surface area contributed by atoms with Crippen molar-refractivity contribution in [1.29, 1.82) is 0 Å². The van der Waals surface area contributed by atoms with E-state index in [0.717, 1.165) is 72.5 Å². The van der Waals surface area contributed by atoms with Gasteiger partial charge in [0.2, 0.25) is 0 Å². The molecule has 9 nitrogen and oxygen atoms in total. The average molecular weight is 528 g/mol. The summed E-state index contributed by atoms with van der Waals surface area (Å²) in [7, 11) is 0. The number of aliphatic hydroxyl groups excluding tert-OH is 1. The maximum atomic E-state index is 12.7. The van der Waals surface area contributed by atoms with Crippen molar-refractivity contribution in [1.82, 2.24) is 19.5 Å². The molecule has 0 amide bonds. The molecule has 2 fully saturated rings. The number of nitrogens with zero attached hydrogens (tertiary/aromatic N) is 5. The summed E-state index contributed by atoms with van der Waals surface area (Å²) in [5.74, 6) is 1.61. The molecule has 1 N–H and O–H groups in total. The smallest absolute Gasteiger partial charge is 0.183 e. The number of carbonyl (C=O) groups excluding carboxylic acids is 1. The van der Waals surface area contributed by atoms with Gasteiger partial charge >= 0.3 is 0 Å². The third-order valence-corrected chi connectivity index (χ3v) is 7.41. The van der Waals surface area contributed by atoms with Gasteiger partial charge in [0, 0.05) is 38.1 Å². The summed E-state index contributed by atoms with van der Waals surface area (Å²) < 4.78 is 13.8. The second-order valence-electron chi connectivity index (χ2n) is 10.2. The van der Waals surface area contributed by atoms with Crippen molar-refractivity contribution in [2.24, 2.45) is 0 Å². The van der Waals surface area contributed by atoms with Crippen molar-refractivity contribution < 1.29 is 19.4 Å². The van der Waals surface area contributed by atoms with Crippen LogP contribution in [0.5, 0.6) is 0 Å². The minimum atomic E-state index is -0.0533. The van der Waals surface area contributed by atoms with Crippen molar-refractivity contribution in [3.8, 4) is 11.4 Å². The third-order valence-electron chi connectivity index (χ3n) is 7.41. The molecule has 2 aromatic carbocycles. The van der Waals surface area contributed by atoms with Gasteiger partial charge in [-0.25, -0.2) is 15.0 Å². The second kappa shape index (κ2) is 11.6. The van der Waals surface area contributed by atoms with Crippen LogP contribution in [0.1, 0.15) is 42.2 Å². The number of fused-ring (bicyclic) bond motifs is 1. The maximum Gasteiger partial charge on any atom is 0.183 e. The normalized spacial score (nSPS) is 18.0. The number of carbonyl (C=O) groups is 1. The molecular formula is C30H33N5O4. The number of Topliss-reactive ketones (excluding diaryl/α,β-unsaturated/α-hetero) is 1. The number of imidazole rings is 1. The molecule has 2 saturated heterocycles. The molecule has 4 aromatic rings. The van der Waals surface area contributed by atoms with Gasteiger partial charge in [-0.3, -0.25) is 9.36 Å². The number of hydrogen-bond acceptors (Lipinski definition) is 8. The van der Waals surface area contributed by atoms with Crippen LogP contribution < -0.4 is 4.90 Å². The van der Waals surface area contributed by atoms with E-state index in [1.807, 2.05) is 54.9 Å². The molecule has 4 heterocycles. The summed E-state index contributed by atoms with van der Waals surface area (Å²) in [6, 6.07) is 15.4. The lowest BCUT2D eigenvalue weighted by Crippen LogP contribution is -2.37. The van der Waals surface area contributed by atoms with E-state index in [9.17, 15) is 9.90 Å². The Morgan fingerprint density at radius 1 is 0.897 bits per heavy atom. The van der Waals surface area contributed by atoms with E-state index in [0.29, 0.717) is 37.5 Å². The van der Waals surface area contributed by atoms with Gasteiger partial charge < -0.3 is 19.5 Å². The highest BCUT2D eigenvalue weighted by Crippen LogP contribution is 2.32. The Morgan fingerprint density at radius 3 is 2.26 bits per heavy atom. The SMILES string of the molecule is O=C(Cc1ccc(CO)cc1)Cc1ccc(-c2nc(N3CCOCC3)c3c(ncn3C3CCCCO3)n2)cc1. The quantitative estimate of drug-likeness (QED) is 0.368. The highest BCUT2D eigenvalue weighted by atomic mass is 16.5. The van der Waals surface area contributed by atoms with Crippen LogP contribution in [0.15, 0.2) is 54.9 Å². The average Bonchev–Trinajstić information content (AvgIpc) is 3.42. The molecule has 2 aromatic heterocycles. The number of aliphatic hydroxyl groups is 1. The lowest BCUT2D eigenvalue weighted by molar-refractivity contribution is -0.117. The third kappa shape index (κ3) is 5.71. The first-order valence-corrected chi connectivity index (χ1v) is 13.7. The molecular weight excluding hydrogens is 494 g/mol. The number of hydrogen-bond donors (Lipinski definition) is 1. The van der Waals surface area contributed by atoms with Crippen LogP contribution in [0.4, 0.5) is 5.82 Å². The number of morpholine rings is 1. The number of ether oxygens (including phenoxy) is 2. The molecule has 0 aliphatic carbocycles. The van der Waals surface area contributed by atoms with Crippen LogP contribution in [0.2, 0.25) is 0 Å². The van der Waals surface area contributed by atoms with Crippen molar-refractivity contribution in [3.63, 3.8) is 0 Å². The van der Waals surface area contributed by atoms with Gasteiger partial charge in [0.1, 0.15) is 17.5 Å². The fourth-order valence-electron chi connectivity index (χ4n) is 5.27. The van der Waals surface area contributed by atoms with E-state index in [-0.39, 0.29) is 18.6 Å². The van der Waals surface area contributed by atoms with Crippen LogP contribution in [0.3, 0.4) is 0 Å². The Bertz CT molecular complexity index is 1420. The van der Waals surface area contributed by atoms with Gasteiger partial charge in [-0.15, -0.1) is 0 Å². The van der Waals surface area contributed by atoms with Crippen LogP contribution in [-0.2, 0) is 33.7 Å². The predicted molar refractivity (Wildman–Crippen MR) is 147 cm³/mol. The minimum absolute atomic E-state index is 0.00197. The zero-order valence-corrected chi connectivity index (χ0v) is 22.0. The molecule has 0 radical (unpaired) electrons. The Kier molecular flexibility index (Phi) is 7.62.